The predicted octanol–water partition coefficient (Wildman–Crippen LogP) is 3.27. The molecule has 0 spiro atoms. The summed E-state index contributed by atoms with van der Waals surface area (Å²) in [6.45, 7) is -0.0274. The van der Waals surface area contributed by atoms with Gasteiger partial charge in [-0.3, -0.25) is 4.72 Å². The van der Waals surface area contributed by atoms with Gasteiger partial charge in [-0.15, -0.1) is 0 Å². The second-order valence-corrected chi connectivity index (χ2v) is 7.03. The number of hydrogen-bond acceptors (Lipinski definition) is 3. The van der Waals surface area contributed by atoms with E-state index in [4.69, 9.17) is 28.3 Å². The normalized spacial score (nSPS) is 11.6. The molecule has 2 N–H and O–H groups in total. The van der Waals surface area contributed by atoms with Crippen molar-refractivity contribution in [1.29, 1.82) is 0 Å². The molecular weight excluding hydrogens is 365 g/mol. The molecule has 0 saturated carbocycles. The monoisotopic (exact) mass is 375 g/mol. The van der Waals surface area contributed by atoms with Crippen LogP contribution in [0.15, 0.2) is 16.6 Å². The highest BCUT2D eigenvalue weighted by Gasteiger charge is 2.14. The van der Waals surface area contributed by atoms with Crippen molar-refractivity contribution in [2.75, 3.05) is 17.1 Å². The molecule has 18 heavy (non-hydrogen) atoms. The zero-order chi connectivity index (χ0) is 13.8. The van der Waals surface area contributed by atoms with Crippen LogP contribution >= 0.6 is 39.1 Å². The van der Waals surface area contributed by atoms with Crippen LogP contribution in [0.25, 0.3) is 0 Å². The summed E-state index contributed by atoms with van der Waals surface area (Å²) in [5.74, 6) is -0.0719. The molecule has 0 aliphatic carbocycles. The molecule has 0 aromatic heterocycles. The molecule has 0 aliphatic heterocycles. The SMILES string of the molecule is O=S(=O)(CCCCO)Nc1ccc(Br)c(Cl)c1Cl. The van der Waals surface area contributed by atoms with Gasteiger partial charge in [-0.25, -0.2) is 8.42 Å². The van der Waals surface area contributed by atoms with Crippen LogP contribution in [0.5, 0.6) is 0 Å². The second-order valence-electron chi connectivity index (χ2n) is 3.57. The second kappa shape index (κ2) is 6.96. The fraction of sp³-hybridized carbons (Fsp3) is 0.400. The number of sulfonamides is 1. The summed E-state index contributed by atoms with van der Waals surface area (Å²) < 4.78 is 26.4. The van der Waals surface area contributed by atoms with Crippen LogP contribution in [-0.2, 0) is 10.0 Å². The molecule has 0 bridgehead atoms. The highest BCUT2D eigenvalue weighted by atomic mass is 79.9. The van der Waals surface area contributed by atoms with Crippen molar-refractivity contribution in [1.82, 2.24) is 0 Å². The molecule has 0 saturated heterocycles. The van der Waals surface area contributed by atoms with E-state index >= 15 is 0 Å². The van der Waals surface area contributed by atoms with Crippen molar-refractivity contribution < 1.29 is 13.5 Å². The average Bonchev–Trinajstić information content (AvgIpc) is 2.30. The lowest BCUT2D eigenvalue weighted by atomic mass is 10.3. The molecule has 1 rings (SSSR count). The molecule has 0 heterocycles. The third kappa shape index (κ3) is 4.59. The molecule has 1 aromatic carbocycles. The highest BCUT2D eigenvalue weighted by Crippen LogP contribution is 2.36. The van der Waals surface area contributed by atoms with Gasteiger partial charge in [0.05, 0.1) is 21.5 Å². The van der Waals surface area contributed by atoms with Gasteiger partial charge in [0.15, 0.2) is 0 Å². The number of hydrogen-bond donors (Lipinski definition) is 2. The summed E-state index contributed by atoms with van der Waals surface area (Å²) in [4.78, 5) is 0. The van der Waals surface area contributed by atoms with Gasteiger partial charge >= 0.3 is 0 Å². The van der Waals surface area contributed by atoms with Crippen molar-refractivity contribution in [2.45, 2.75) is 12.8 Å². The van der Waals surface area contributed by atoms with Gasteiger partial charge in [0.2, 0.25) is 10.0 Å². The smallest absolute Gasteiger partial charge is 0.232 e. The maximum atomic E-state index is 11.7. The standard InChI is InChI=1S/C10H12BrCl2NO3S/c11-7-3-4-8(10(13)9(7)12)14-18(16,17)6-2-1-5-15/h3-4,14-15H,1-2,5-6H2. The van der Waals surface area contributed by atoms with E-state index in [2.05, 4.69) is 20.7 Å². The minimum Gasteiger partial charge on any atom is -0.396 e. The van der Waals surface area contributed by atoms with E-state index in [1.165, 1.54) is 6.07 Å². The van der Waals surface area contributed by atoms with Crippen LogP contribution in [0.3, 0.4) is 0 Å². The summed E-state index contributed by atoms with van der Waals surface area (Å²) in [5, 5.41) is 9.01. The first-order valence-electron chi connectivity index (χ1n) is 5.12. The Kier molecular flexibility index (Phi) is 6.20. The van der Waals surface area contributed by atoms with Gasteiger partial charge in [-0.2, -0.15) is 0 Å². The third-order valence-corrected chi connectivity index (χ3v) is 5.25. The molecule has 0 amide bonds. The highest BCUT2D eigenvalue weighted by molar-refractivity contribution is 9.10. The Labute approximate surface area is 124 Å². The van der Waals surface area contributed by atoms with Gasteiger partial charge in [-0.1, -0.05) is 23.2 Å². The Bertz CT molecular complexity index is 522. The molecule has 4 nitrogen and oxygen atoms in total. The zero-order valence-corrected chi connectivity index (χ0v) is 13.2. The predicted molar refractivity (Wildman–Crippen MR) is 77.9 cm³/mol. The van der Waals surface area contributed by atoms with Gasteiger partial charge in [-0.05, 0) is 40.9 Å². The number of anilines is 1. The summed E-state index contributed by atoms with van der Waals surface area (Å²) in [6, 6.07) is 3.14. The Morgan fingerprint density at radius 3 is 2.50 bits per heavy atom. The minimum absolute atomic E-state index is 0.0274. The van der Waals surface area contributed by atoms with Crippen molar-refractivity contribution in [3.05, 3.63) is 26.7 Å². The van der Waals surface area contributed by atoms with Gasteiger partial charge in [0.25, 0.3) is 0 Å². The molecule has 1 aromatic rings. The molecule has 0 atom stereocenters. The van der Waals surface area contributed by atoms with Gasteiger partial charge in [0.1, 0.15) is 0 Å². The number of unbranched alkanes of at least 4 members (excludes halogenated alkanes) is 1. The molecule has 0 fully saturated rings. The van der Waals surface area contributed by atoms with Crippen molar-refractivity contribution in [2.24, 2.45) is 0 Å². The molecule has 102 valence electrons. The first-order valence-corrected chi connectivity index (χ1v) is 8.32. The molecular formula is C10H12BrCl2NO3S. The Morgan fingerprint density at radius 1 is 1.22 bits per heavy atom. The van der Waals surface area contributed by atoms with Crippen LogP contribution < -0.4 is 4.72 Å². The van der Waals surface area contributed by atoms with Crippen molar-refractivity contribution >= 4 is 54.8 Å². The summed E-state index contributed by atoms with van der Waals surface area (Å²) in [7, 11) is -3.48. The third-order valence-electron chi connectivity index (χ3n) is 2.12. The molecule has 8 heteroatoms. The summed E-state index contributed by atoms with van der Waals surface area (Å²) in [5.41, 5.74) is 0.244. The van der Waals surface area contributed by atoms with Gasteiger partial charge in [0, 0.05) is 11.1 Å². The van der Waals surface area contributed by atoms with Crippen LogP contribution in [-0.4, -0.2) is 25.9 Å². The lowest BCUT2D eigenvalue weighted by Gasteiger charge is -2.10. The zero-order valence-electron chi connectivity index (χ0n) is 9.29. The Hall–Kier alpha value is -0.0100. The topological polar surface area (TPSA) is 66.4 Å². The Morgan fingerprint density at radius 2 is 1.89 bits per heavy atom. The lowest BCUT2D eigenvalue weighted by Crippen LogP contribution is -2.17. The van der Waals surface area contributed by atoms with E-state index in [-0.39, 0.29) is 28.1 Å². The molecule has 0 radical (unpaired) electrons. The molecule has 0 aliphatic rings. The quantitative estimate of drug-likeness (QED) is 0.591. The first-order chi connectivity index (χ1) is 8.37. The Balaban J connectivity index is 2.82. The number of aliphatic hydroxyl groups is 1. The van der Waals surface area contributed by atoms with E-state index in [1.807, 2.05) is 0 Å². The van der Waals surface area contributed by atoms with E-state index in [0.717, 1.165) is 0 Å². The maximum Gasteiger partial charge on any atom is 0.232 e. The van der Waals surface area contributed by atoms with E-state index in [1.54, 1.807) is 6.07 Å². The summed E-state index contributed by atoms with van der Waals surface area (Å²) >= 11 is 15.0. The number of halogens is 3. The summed E-state index contributed by atoms with van der Waals surface area (Å²) in [6.07, 6.45) is 0.823. The fourth-order valence-electron chi connectivity index (χ4n) is 1.23. The van der Waals surface area contributed by atoms with E-state index in [0.29, 0.717) is 17.3 Å². The number of rotatable bonds is 6. The van der Waals surface area contributed by atoms with Crippen LogP contribution in [0.4, 0.5) is 5.69 Å². The maximum absolute atomic E-state index is 11.7. The fourth-order valence-corrected chi connectivity index (χ4v) is 3.30. The largest absolute Gasteiger partial charge is 0.396 e. The number of nitrogens with one attached hydrogen (secondary N) is 1. The van der Waals surface area contributed by atoms with Gasteiger partial charge < -0.3 is 5.11 Å². The van der Waals surface area contributed by atoms with Crippen LogP contribution in [0.1, 0.15) is 12.8 Å². The van der Waals surface area contributed by atoms with E-state index in [9.17, 15) is 8.42 Å². The van der Waals surface area contributed by atoms with Crippen molar-refractivity contribution in [3.63, 3.8) is 0 Å². The lowest BCUT2D eigenvalue weighted by molar-refractivity contribution is 0.287. The van der Waals surface area contributed by atoms with E-state index < -0.39 is 10.0 Å². The molecule has 0 unspecified atom stereocenters. The average molecular weight is 377 g/mol. The first kappa shape index (κ1) is 16.0. The van der Waals surface area contributed by atoms with Crippen molar-refractivity contribution in [3.8, 4) is 0 Å². The number of benzene rings is 1. The number of aliphatic hydroxyl groups excluding tert-OH is 1. The van der Waals surface area contributed by atoms with Crippen LogP contribution in [0.2, 0.25) is 10.0 Å². The van der Waals surface area contributed by atoms with Crippen LogP contribution in [0, 0.1) is 0 Å². The minimum atomic E-state index is -3.48.